The van der Waals surface area contributed by atoms with E-state index in [-0.39, 0.29) is 40.7 Å². The molecule has 3 heterocycles. The Kier molecular flexibility index (Phi) is 6.23. The van der Waals surface area contributed by atoms with E-state index in [0.717, 1.165) is 21.3 Å². The molecule has 0 unspecified atom stereocenters. The predicted molar refractivity (Wildman–Crippen MR) is 103 cm³/mol. The molecule has 2 aliphatic heterocycles. The lowest BCUT2D eigenvalue weighted by Gasteiger charge is -2.55. The van der Waals surface area contributed by atoms with Gasteiger partial charge in [0, 0.05) is 32.4 Å². The highest BCUT2D eigenvalue weighted by molar-refractivity contribution is 8.00. The van der Waals surface area contributed by atoms with Crippen LogP contribution in [0.2, 0.25) is 0 Å². The Morgan fingerprint density at radius 2 is 2.13 bits per heavy atom. The minimum atomic E-state index is -1.91. The minimum Gasteiger partial charge on any atom is -0.477 e. The van der Waals surface area contributed by atoms with Crippen LogP contribution in [-0.2, 0) is 47.0 Å². The number of carbonyl (C=O) groups is 4. The number of hydrogen-bond donors (Lipinski definition) is 2. The van der Waals surface area contributed by atoms with Crippen LogP contribution in [0.1, 0.15) is 12.7 Å². The second kappa shape index (κ2) is 8.56. The van der Waals surface area contributed by atoms with E-state index in [9.17, 15) is 28.5 Å². The smallest absolute Gasteiger partial charge is 0.352 e. The van der Waals surface area contributed by atoms with E-state index in [2.05, 4.69) is 20.8 Å². The van der Waals surface area contributed by atoms with E-state index in [1.54, 1.807) is 0 Å². The number of aromatic nitrogens is 4. The molecule has 1 fully saturated rings. The van der Waals surface area contributed by atoms with Crippen LogP contribution < -0.4 is 5.32 Å². The summed E-state index contributed by atoms with van der Waals surface area (Å²) in [7, 11) is 2.59. The molecule has 16 heteroatoms. The first kappa shape index (κ1) is 22.6. The first-order valence-electron chi connectivity index (χ1n) is 8.49. The largest absolute Gasteiger partial charge is 0.477 e. The fourth-order valence-electron chi connectivity index (χ4n) is 3.07. The summed E-state index contributed by atoms with van der Waals surface area (Å²) in [5, 5.41) is 21.6. The van der Waals surface area contributed by atoms with Crippen LogP contribution in [0.15, 0.2) is 11.3 Å². The third kappa shape index (κ3) is 3.72. The highest BCUT2D eigenvalue weighted by atomic mass is 32.2. The number of aryl methyl sites for hydroxylation is 1. The van der Waals surface area contributed by atoms with Crippen molar-refractivity contribution >= 4 is 51.6 Å². The Hall–Kier alpha value is -3.11. The molecule has 1 saturated heterocycles. The minimum absolute atomic E-state index is 0.102. The van der Waals surface area contributed by atoms with Gasteiger partial charge in [-0.2, -0.15) is 0 Å². The summed E-state index contributed by atoms with van der Waals surface area (Å²) in [4.78, 5) is 49.2. The van der Waals surface area contributed by atoms with Crippen LogP contribution in [0, 0.1) is 0 Å². The van der Waals surface area contributed by atoms with Crippen LogP contribution >= 0.6 is 11.8 Å². The number of carbonyl (C=O) groups excluding carboxylic acids is 3. The zero-order valence-electron chi connectivity index (χ0n) is 16.3. The molecule has 2 N–H and O–H groups in total. The number of hydrogen-bond acceptors (Lipinski definition) is 11. The summed E-state index contributed by atoms with van der Waals surface area (Å²) in [5.41, 5.74) is -2.04. The summed E-state index contributed by atoms with van der Waals surface area (Å²) >= 11 is 0.938. The molecule has 1 aromatic heterocycles. The summed E-state index contributed by atoms with van der Waals surface area (Å²) < 4.78 is 22.8. The van der Waals surface area contributed by atoms with E-state index in [4.69, 9.17) is 9.47 Å². The van der Waals surface area contributed by atoms with E-state index < -0.39 is 39.7 Å². The Balaban J connectivity index is 1.90. The van der Waals surface area contributed by atoms with Gasteiger partial charge in [-0.25, -0.2) is 13.7 Å². The van der Waals surface area contributed by atoms with Crippen molar-refractivity contribution in [3.63, 3.8) is 0 Å². The number of β-lactam (4-membered cyclic amide) rings is 1. The molecule has 1 aromatic rings. The molecule has 0 aliphatic carbocycles. The quantitative estimate of drug-likeness (QED) is 0.137. The van der Waals surface area contributed by atoms with Crippen LogP contribution in [-0.4, -0.2) is 93.6 Å². The number of amides is 2. The van der Waals surface area contributed by atoms with Crippen LogP contribution in [0.5, 0.6) is 0 Å². The van der Waals surface area contributed by atoms with Crippen molar-refractivity contribution in [2.75, 3.05) is 19.5 Å². The van der Waals surface area contributed by atoms with E-state index in [1.807, 2.05) is 0 Å². The molecule has 14 nitrogen and oxygen atoms in total. The first-order chi connectivity index (χ1) is 14.7. The van der Waals surface area contributed by atoms with Gasteiger partial charge in [0.15, 0.2) is 4.86 Å². The van der Waals surface area contributed by atoms with Crippen molar-refractivity contribution in [2.24, 2.45) is 7.05 Å². The molecule has 0 bridgehead atoms. The third-order valence-electron chi connectivity index (χ3n) is 4.50. The number of aliphatic carboxylic acids is 1. The normalized spacial score (nSPS) is 22.4. The van der Waals surface area contributed by atoms with Crippen LogP contribution in [0.25, 0.3) is 0 Å². The van der Waals surface area contributed by atoms with Crippen LogP contribution in [0.3, 0.4) is 0 Å². The number of ether oxygens (including phenoxy) is 2. The average molecular weight is 472 g/mol. The van der Waals surface area contributed by atoms with E-state index in [1.165, 1.54) is 21.1 Å². The van der Waals surface area contributed by atoms with Crippen molar-refractivity contribution in [1.29, 1.82) is 0 Å². The molecule has 0 saturated carbocycles. The summed E-state index contributed by atoms with van der Waals surface area (Å²) in [5.74, 6) is -3.83. The summed E-state index contributed by atoms with van der Waals surface area (Å²) in [6, 6.07) is 0. The first-order valence-corrected chi connectivity index (χ1v) is 10.3. The SMILES string of the molecule is CO[C@@]1(NC(=O)C(=S=O)c2nnnn2C)C(=O)N2C(C(=O)O)=C(COC(C)=O)CS[C@@H]21. The van der Waals surface area contributed by atoms with Gasteiger partial charge >= 0.3 is 11.9 Å². The Morgan fingerprint density at radius 1 is 1.42 bits per heavy atom. The molecular formula is C15H16N6O8S2. The number of rotatable bonds is 7. The van der Waals surface area contributed by atoms with Crippen molar-refractivity contribution in [3.05, 3.63) is 17.1 Å². The van der Waals surface area contributed by atoms with Gasteiger partial charge in [0.1, 0.15) is 28.9 Å². The molecule has 0 spiro atoms. The fourth-order valence-corrected chi connectivity index (χ4v) is 4.86. The standard InChI is InChI=1S/C15H16N6O8S2/c1-6(22)29-4-7-5-30-14-15(28-3,13(26)21(14)8(7)12(24)25)16-11(23)9(31-27)10-17-18-19-20(10)2/h14H,4-5H2,1-3H3,(H,16,23)(H,24,25)/t14-,15+/m1/s1. The number of nitrogens with zero attached hydrogens (tertiary/aromatic N) is 5. The van der Waals surface area contributed by atoms with Crippen molar-refractivity contribution in [2.45, 2.75) is 18.0 Å². The highest BCUT2D eigenvalue weighted by Crippen LogP contribution is 2.46. The molecule has 2 aliphatic rings. The number of thioether (sulfide) groups is 1. The maximum absolute atomic E-state index is 13.0. The van der Waals surface area contributed by atoms with Crippen molar-refractivity contribution < 1.29 is 38.0 Å². The second-order valence-corrected chi connectivity index (χ2v) is 7.95. The number of carboxylic acid groups (broad SMARTS) is 1. The number of methoxy groups -OCH3 is 1. The van der Waals surface area contributed by atoms with Crippen molar-refractivity contribution in [1.82, 2.24) is 30.4 Å². The van der Waals surface area contributed by atoms with Gasteiger partial charge in [0.25, 0.3) is 17.5 Å². The van der Waals surface area contributed by atoms with Gasteiger partial charge in [-0.15, -0.1) is 16.9 Å². The molecule has 0 aromatic carbocycles. The molecule has 31 heavy (non-hydrogen) atoms. The van der Waals surface area contributed by atoms with Crippen molar-refractivity contribution in [3.8, 4) is 0 Å². The maximum Gasteiger partial charge on any atom is 0.352 e. The summed E-state index contributed by atoms with van der Waals surface area (Å²) in [6.45, 7) is 0.880. The van der Waals surface area contributed by atoms with Gasteiger partial charge in [-0.1, -0.05) is 0 Å². The number of tetrazole rings is 1. The second-order valence-electron chi connectivity index (χ2n) is 6.31. The third-order valence-corrected chi connectivity index (χ3v) is 6.40. The van der Waals surface area contributed by atoms with E-state index in [0.29, 0.717) is 0 Å². The molecule has 3 rings (SSSR count). The monoisotopic (exact) mass is 472 g/mol. The zero-order chi connectivity index (χ0) is 22.9. The topological polar surface area (TPSA) is 183 Å². The van der Waals surface area contributed by atoms with Gasteiger partial charge < -0.3 is 19.9 Å². The molecular weight excluding hydrogens is 456 g/mol. The van der Waals surface area contributed by atoms with Gasteiger partial charge in [-0.05, 0) is 10.4 Å². The Bertz CT molecular complexity index is 1060. The van der Waals surface area contributed by atoms with Gasteiger partial charge in [0.2, 0.25) is 5.82 Å². The number of fused-ring (bicyclic) bond motifs is 1. The van der Waals surface area contributed by atoms with Gasteiger partial charge in [0.05, 0.1) is 0 Å². The number of esters is 1. The number of carboxylic acids is 1. The molecule has 166 valence electrons. The Labute approximate surface area is 182 Å². The summed E-state index contributed by atoms with van der Waals surface area (Å²) in [6.07, 6.45) is 0. The predicted octanol–water partition coefficient (Wildman–Crippen LogP) is -2.78. The lowest BCUT2D eigenvalue weighted by molar-refractivity contribution is -0.191. The number of nitrogens with one attached hydrogen (secondary N) is 1. The maximum atomic E-state index is 13.0. The average Bonchev–Trinajstić information content (AvgIpc) is 3.15. The zero-order valence-corrected chi connectivity index (χ0v) is 18.0. The lowest BCUT2D eigenvalue weighted by atomic mass is 9.98. The van der Waals surface area contributed by atoms with Crippen LogP contribution in [0.4, 0.5) is 0 Å². The highest BCUT2D eigenvalue weighted by Gasteiger charge is 2.67. The Morgan fingerprint density at radius 3 is 2.65 bits per heavy atom. The fraction of sp³-hybridized carbons (Fsp3) is 0.467. The molecule has 2 amide bonds. The van der Waals surface area contributed by atoms with Gasteiger partial charge in [-0.3, -0.25) is 19.3 Å². The lowest BCUT2D eigenvalue weighted by Crippen LogP contribution is -2.81. The van der Waals surface area contributed by atoms with E-state index >= 15 is 0 Å². The molecule has 0 radical (unpaired) electrons. The molecule has 2 atom stereocenters.